The van der Waals surface area contributed by atoms with Crippen molar-refractivity contribution in [3.05, 3.63) is 72.3 Å². The molecule has 1 heterocycles. The molecule has 0 bridgehead atoms. The van der Waals surface area contributed by atoms with Gasteiger partial charge in [0.2, 0.25) is 11.8 Å². The van der Waals surface area contributed by atoms with Crippen LogP contribution in [-0.2, 0) is 9.59 Å². The van der Waals surface area contributed by atoms with E-state index in [4.69, 9.17) is 0 Å². The van der Waals surface area contributed by atoms with Gasteiger partial charge in [0, 0.05) is 0 Å². The summed E-state index contributed by atoms with van der Waals surface area (Å²) in [5, 5.41) is 0. The van der Waals surface area contributed by atoms with E-state index in [-0.39, 0.29) is 17.7 Å². The van der Waals surface area contributed by atoms with Crippen LogP contribution < -0.4 is 4.90 Å². The van der Waals surface area contributed by atoms with E-state index >= 15 is 0 Å². The molecule has 2 aromatic rings. The lowest BCUT2D eigenvalue weighted by molar-refractivity contribution is -0.126. The van der Waals surface area contributed by atoms with Gasteiger partial charge < -0.3 is 0 Å². The van der Waals surface area contributed by atoms with Gasteiger partial charge in [-0.1, -0.05) is 54.6 Å². The van der Waals surface area contributed by atoms with Crippen molar-refractivity contribution in [2.75, 3.05) is 4.90 Å². The smallest absolute Gasteiger partial charge is 0.240 e. The minimum Gasteiger partial charge on any atom is -0.274 e. The Bertz CT molecular complexity index is 825. The summed E-state index contributed by atoms with van der Waals surface area (Å²) >= 11 is 0. The molecule has 0 N–H and O–H groups in total. The first-order chi connectivity index (χ1) is 11.6. The molecule has 24 heavy (non-hydrogen) atoms. The largest absolute Gasteiger partial charge is 0.274 e. The molecule has 3 heteroatoms. The molecule has 0 spiro atoms. The number of benzene rings is 2. The SMILES string of the molecule is CC12CC=C(c3ccccc3)CC1C(=O)N(c1ccccc1)C2=O. The number of hydrogen-bond donors (Lipinski definition) is 0. The lowest BCUT2D eigenvalue weighted by Crippen LogP contribution is -2.35. The number of carbonyl (C=O) groups excluding carboxylic acids is 2. The molecule has 0 aromatic heterocycles. The van der Waals surface area contributed by atoms with Gasteiger partial charge in [0.05, 0.1) is 17.0 Å². The number of amides is 2. The van der Waals surface area contributed by atoms with E-state index in [0.29, 0.717) is 18.5 Å². The van der Waals surface area contributed by atoms with Crippen LogP contribution in [0.2, 0.25) is 0 Å². The molecule has 4 rings (SSSR count). The van der Waals surface area contributed by atoms with Crippen molar-refractivity contribution in [1.29, 1.82) is 0 Å². The van der Waals surface area contributed by atoms with E-state index in [1.54, 1.807) is 0 Å². The average molecular weight is 317 g/mol. The molecular weight excluding hydrogens is 298 g/mol. The summed E-state index contributed by atoms with van der Waals surface area (Å²) in [6, 6.07) is 19.3. The third-order valence-electron chi connectivity index (χ3n) is 5.33. The lowest BCUT2D eigenvalue weighted by atomic mass is 9.69. The summed E-state index contributed by atoms with van der Waals surface area (Å²) in [5.41, 5.74) is 2.34. The highest BCUT2D eigenvalue weighted by Gasteiger charge is 2.57. The fraction of sp³-hybridized carbons (Fsp3) is 0.238. The molecule has 0 saturated carbocycles. The van der Waals surface area contributed by atoms with Crippen LogP contribution in [-0.4, -0.2) is 11.8 Å². The summed E-state index contributed by atoms with van der Waals surface area (Å²) in [7, 11) is 0. The van der Waals surface area contributed by atoms with E-state index in [9.17, 15) is 9.59 Å². The monoisotopic (exact) mass is 317 g/mol. The van der Waals surface area contributed by atoms with Crippen LogP contribution in [0.3, 0.4) is 0 Å². The first kappa shape index (κ1) is 14.9. The average Bonchev–Trinajstić information content (AvgIpc) is 2.82. The number of fused-ring (bicyclic) bond motifs is 1. The molecule has 2 amide bonds. The molecular formula is C21H19NO2. The topological polar surface area (TPSA) is 37.4 Å². The molecule has 1 fully saturated rings. The van der Waals surface area contributed by atoms with Crippen molar-refractivity contribution < 1.29 is 9.59 Å². The van der Waals surface area contributed by atoms with Gasteiger partial charge in [-0.3, -0.25) is 9.59 Å². The number of imide groups is 1. The Morgan fingerprint density at radius 3 is 2.25 bits per heavy atom. The number of anilines is 1. The maximum Gasteiger partial charge on any atom is 0.240 e. The predicted molar refractivity (Wildman–Crippen MR) is 94.2 cm³/mol. The summed E-state index contributed by atoms with van der Waals surface area (Å²) in [6.45, 7) is 1.93. The highest BCUT2D eigenvalue weighted by molar-refractivity contribution is 6.24. The zero-order valence-corrected chi connectivity index (χ0v) is 13.6. The van der Waals surface area contributed by atoms with Crippen LogP contribution >= 0.6 is 0 Å². The van der Waals surface area contributed by atoms with Gasteiger partial charge in [0.15, 0.2) is 0 Å². The van der Waals surface area contributed by atoms with Gasteiger partial charge in [0.1, 0.15) is 0 Å². The quantitative estimate of drug-likeness (QED) is 0.783. The number of allylic oxidation sites excluding steroid dienone is 2. The van der Waals surface area contributed by atoms with Crippen molar-refractivity contribution in [3.63, 3.8) is 0 Å². The molecule has 1 aliphatic carbocycles. The first-order valence-electron chi connectivity index (χ1n) is 8.29. The van der Waals surface area contributed by atoms with Crippen LogP contribution in [0.1, 0.15) is 25.3 Å². The summed E-state index contributed by atoms with van der Waals surface area (Å²) in [6.07, 6.45) is 3.36. The van der Waals surface area contributed by atoms with Gasteiger partial charge in [-0.05, 0) is 43.0 Å². The number of rotatable bonds is 2. The van der Waals surface area contributed by atoms with Crippen molar-refractivity contribution in [2.45, 2.75) is 19.8 Å². The van der Waals surface area contributed by atoms with E-state index < -0.39 is 5.41 Å². The number of hydrogen-bond acceptors (Lipinski definition) is 2. The number of nitrogens with zero attached hydrogens (tertiary/aromatic N) is 1. The minimum atomic E-state index is -0.634. The van der Waals surface area contributed by atoms with E-state index in [1.165, 1.54) is 4.90 Å². The molecule has 1 aliphatic heterocycles. The summed E-state index contributed by atoms with van der Waals surface area (Å²) in [5.74, 6) is -0.437. The Morgan fingerprint density at radius 2 is 1.58 bits per heavy atom. The van der Waals surface area contributed by atoms with Crippen molar-refractivity contribution in [1.82, 2.24) is 0 Å². The molecule has 2 atom stereocenters. The fourth-order valence-electron chi connectivity index (χ4n) is 3.82. The second-order valence-electron chi connectivity index (χ2n) is 6.79. The zero-order chi connectivity index (χ0) is 16.7. The predicted octanol–water partition coefficient (Wildman–Crippen LogP) is 4.06. The van der Waals surface area contributed by atoms with Crippen molar-refractivity contribution in [3.8, 4) is 0 Å². The van der Waals surface area contributed by atoms with Crippen LogP contribution in [0.15, 0.2) is 66.7 Å². The molecule has 0 radical (unpaired) electrons. The van der Waals surface area contributed by atoms with Gasteiger partial charge >= 0.3 is 0 Å². The second kappa shape index (κ2) is 5.45. The van der Waals surface area contributed by atoms with Gasteiger partial charge in [0.25, 0.3) is 0 Å². The van der Waals surface area contributed by atoms with Crippen molar-refractivity contribution >= 4 is 23.1 Å². The normalized spacial score (nSPS) is 26.3. The third-order valence-corrected chi connectivity index (χ3v) is 5.33. The zero-order valence-electron chi connectivity index (χ0n) is 13.6. The Morgan fingerprint density at radius 1 is 0.958 bits per heavy atom. The highest BCUT2D eigenvalue weighted by atomic mass is 16.2. The van der Waals surface area contributed by atoms with E-state index in [0.717, 1.165) is 11.1 Å². The number of para-hydroxylation sites is 1. The molecule has 2 unspecified atom stereocenters. The van der Waals surface area contributed by atoms with Crippen LogP contribution in [0, 0.1) is 11.3 Å². The third kappa shape index (κ3) is 2.12. The Kier molecular flexibility index (Phi) is 3.38. The molecule has 120 valence electrons. The van der Waals surface area contributed by atoms with E-state index in [2.05, 4.69) is 18.2 Å². The summed E-state index contributed by atoms with van der Waals surface area (Å²) < 4.78 is 0. The Balaban J connectivity index is 1.70. The maximum atomic E-state index is 13.0. The number of carbonyl (C=O) groups is 2. The fourth-order valence-corrected chi connectivity index (χ4v) is 3.82. The lowest BCUT2D eigenvalue weighted by Gasteiger charge is -2.31. The highest BCUT2D eigenvalue weighted by Crippen LogP contribution is 2.50. The molecule has 2 aromatic carbocycles. The maximum absolute atomic E-state index is 13.0. The van der Waals surface area contributed by atoms with Crippen LogP contribution in [0.5, 0.6) is 0 Å². The van der Waals surface area contributed by atoms with Crippen LogP contribution in [0.25, 0.3) is 5.57 Å². The standard InChI is InChI=1S/C21H19NO2/c1-21-13-12-16(15-8-4-2-5-9-15)14-18(21)19(23)22(20(21)24)17-10-6-3-7-11-17/h2-12,18H,13-14H2,1H3. The van der Waals surface area contributed by atoms with Crippen molar-refractivity contribution in [2.24, 2.45) is 11.3 Å². The molecule has 1 saturated heterocycles. The van der Waals surface area contributed by atoms with Gasteiger partial charge in [-0.25, -0.2) is 4.90 Å². The van der Waals surface area contributed by atoms with E-state index in [1.807, 2.05) is 55.5 Å². The molecule has 2 aliphatic rings. The Labute approximate surface area is 141 Å². The van der Waals surface area contributed by atoms with Crippen LogP contribution in [0.4, 0.5) is 5.69 Å². The first-order valence-corrected chi connectivity index (χ1v) is 8.29. The summed E-state index contributed by atoms with van der Waals surface area (Å²) in [4.78, 5) is 27.4. The Hall–Kier alpha value is -2.68. The molecule has 3 nitrogen and oxygen atoms in total. The van der Waals surface area contributed by atoms with Gasteiger partial charge in [-0.2, -0.15) is 0 Å². The minimum absolute atomic E-state index is 0.0739. The van der Waals surface area contributed by atoms with Gasteiger partial charge in [-0.15, -0.1) is 0 Å². The second-order valence-corrected chi connectivity index (χ2v) is 6.79.